The maximum atomic E-state index is 13.2. The minimum absolute atomic E-state index is 0.101. The molecule has 33 heavy (non-hydrogen) atoms. The van der Waals surface area contributed by atoms with E-state index in [1.165, 1.54) is 4.90 Å². The molecule has 0 radical (unpaired) electrons. The summed E-state index contributed by atoms with van der Waals surface area (Å²) in [5, 5.41) is 0. The van der Waals surface area contributed by atoms with Crippen LogP contribution in [0, 0.1) is 0 Å². The Bertz CT molecular complexity index is 1020. The van der Waals surface area contributed by atoms with Gasteiger partial charge in [-0.1, -0.05) is 25.1 Å². The highest BCUT2D eigenvalue weighted by Gasteiger charge is 2.36. The Labute approximate surface area is 193 Å². The molecular formula is C25H29N3O5. The number of para-hydroxylation sites is 1. The van der Waals surface area contributed by atoms with Crippen molar-refractivity contribution in [1.82, 2.24) is 9.80 Å². The molecule has 2 aromatic carbocycles. The van der Waals surface area contributed by atoms with Crippen LogP contribution in [0.4, 0.5) is 5.69 Å². The number of hydrogen-bond donors (Lipinski definition) is 0. The topological polar surface area (TPSA) is 79.4 Å². The van der Waals surface area contributed by atoms with Crippen LogP contribution in [0.2, 0.25) is 0 Å². The van der Waals surface area contributed by atoms with Crippen molar-refractivity contribution in [2.75, 3.05) is 50.8 Å². The summed E-state index contributed by atoms with van der Waals surface area (Å²) >= 11 is 0. The SMILES string of the molecule is CCN1CCN(C(=O)C(C)N2C(=O)COc3ccc(C(=O)COc4ccccc4)cc32)CC1. The number of carbonyl (C=O) groups excluding carboxylic acids is 3. The zero-order valence-corrected chi connectivity index (χ0v) is 19.0. The molecule has 8 heteroatoms. The van der Waals surface area contributed by atoms with Crippen LogP contribution in [-0.2, 0) is 9.59 Å². The van der Waals surface area contributed by atoms with E-state index < -0.39 is 6.04 Å². The minimum Gasteiger partial charge on any atom is -0.485 e. The van der Waals surface area contributed by atoms with E-state index in [1.807, 2.05) is 23.1 Å². The summed E-state index contributed by atoms with van der Waals surface area (Å²) < 4.78 is 11.1. The molecule has 2 amide bonds. The Hall–Kier alpha value is -3.39. The summed E-state index contributed by atoms with van der Waals surface area (Å²) in [7, 11) is 0. The molecule has 0 bridgehead atoms. The summed E-state index contributed by atoms with van der Waals surface area (Å²) in [4.78, 5) is 44.3. The van der Waals surface area contributed by atoms with Crippen LogP contribution >= 0.6 is 0 Å². The van der Waals surface area contributed by atoms with Crippen molar-refractivity contribution in [2.24, 2.45) is 0 Å². The Kier molecular flexibility index (Phi) is 6.93. The fourth-order valence-electron chi connectivity index (χ4n) is 4.18. The van der Waals surface area contributed by atoms with Gasteiger partial charge in [-0.25, -0.2) is 0 Å². The van der Waals surface area contributed by atoms with Gasteiger partial charge in [0, 0.05) is 31.7 Å². The predicted octanol–water partition coefficient (Wildman–Crippen LogP) is 2.23. The van der Waals surface area contributed by atoms with E-state index in [0.29, 0.717) is 35.8 Å². The predicted molar refractivity (Wildman–Crippen MR) is 124 cm³/mol. The van der Waals surface area contributed by atoms with Crippen molar-refractivity contribution >= 4 is 23.3 Å². The number of nitrogens with zero attached hydrogens (tertiary/aromatic N) is 3. The lowest BCUT2D eigenvalue weighted by atomic mass is 10.1. The fourth-order valence-corrected chi connectivity index (χ4v) is 4.18. The molecule has 1 atom stereocenters. The monoisotopic (exact) mass is 451 g/mol. The number of hydrogen-bond acceptors (Lipinski definition) is 6. The molecular weight excluding hydrogens is 422 g/mol. The average molecular weight is 452 g/mol. The highest BCUT2D eigenvalue weighted by atomic mass is 16.5. The first-order chi connectivity index (χ1) is 16.0. The third kappa shape index (κ3) is 5.01. The molecule has 0 spiro atoms. The first kappa shape index (κ1) is 22.8. The third-order valence-electron chi connectivity index (χ3n) is 6.15. The molecule has 0 aliphatic carbocycles. The Balaban J connectivity index is 1.50. The maximum absolute atomic E-state index is 13.2. The zero-order chi connectivity index (χ0) is 23.4. The van der Waals surface area contributed by atoms with E-state index in [4.69, 9.17) is 9.47 Å². The largest absolute Gasteiger partial charge is 0.485 e. The number of likely N-dealkylation sites (N-methyl/N-ethyl adjacent to an activating group) is 1. The molecule has 0 aromatic heterocycles. The van der Waals surface area contributed by atoms with E-state index in [-0.39, 0.29) is 30.8 Å². The molecule has 0 N–H and O–H groups in total. The number of ketones is 1. The van der Waals surface area contributed by atoms with Gasteiger partial charge in [0.25, 0.3) is 5.91 Å². The lowest BCUT2D eigenvalue weighted by Gasteiger charge is -2.39. The first-order valence-corrected chi connectivity index (χ1v) is 11.3. The Morgan fingerprint density at radius 1 is 1.06 bits per heavy atom. The van der Waals surface area contributed by atoms with Crippen LogP contribution in [0.1, 0.15) is 24.2 Å². The van der Waals surface area contributed by atoms with Gasteiger partial charge in [-0.15, -0.1) is 0 Å². The van der Waals surface area contributed by atoms with Crippen LogP contribution in [0.5, 0.6) is 11.5 Å². The normalized spacial score (nSPS) is 17.2. The van der Waals surface area contributed by atoms with Gasteiger partial charge in [-0.05, 0) is 43.8 Å². The van der Waals surface area contributed by atoms with Gasteiger partial charge in [-0.3, -0.25) is 19.3 Å². The molecule has 1 saturated heterocycles. The van der Waals surface area contributed by atoms with Crippen molar-refractivity contribution < 1.29 is 23.9 Å². The number of fused-ring (bicyclic) bond motifs is 1. The van der Waals surface area contributed by atoms with Crippen molar-refractivity contribution in [3.8, 4) is 11.5 Å². The first-order valence-electron chi connectivity index (χ1n) is 11.3. The number of piperazine rings is 1. The standard InChI is InChI=1S/C25H29N3O5/c1-3-26-11-13-27(14-12-26)25(31)18(2)28-21-15-19(9-10-23(21)33-17-24(28)30)22(29)16-32-20-7-5-4-6-8-20/h4-10,15,18H,3,11-14,16-17H2,1-2H3. The number of anilines is 1. The molecule has 1 unspecified atom stereocenters. The molecule has 2 aliphatic heterocycles. The zero-order valence-electron chi connectivity index (χ0n) is 19.0. The van der Waals surface area contributed by atoms with Crippen molar-refractivity contribution in [2.45, 2.75) is 19.9 Å². The lowest BCUT2D eigenvalue weighted by Crippen LogP contribution is -2.56. The van der Waals surface area contributed by atoms with Crippen LogP contribution in [0.15, 0.2) is 48.5 Å². The fraction of sp³-hybridized carbons (Fsp3) is 0.400. The molecule has 2 aromatic rings. The number of amides is 2. The summed E-state index contributed by atoms with van der Waals surface area (Å²) in [5.41, 5.74) is 0.828. The van der Waals surface area contributed by atoms with E-state index in [0.717, 1.165) is 19.6 Å². The highest BCUT2D eigenvalue weighted by Crippen LogP contribution is 2.35. The minimum atomic E-state index is -0.695. The summed E-state index contributed by atoms with van der Waals surface area (Å²) in [6.45, 7) is 7.44. The van der Waals surface area contributed by atoms with Gasteiger partial charge in [0.05, 0.1) is 5.69 Å². The molecule has 4 rings (SSSR count). The second kappa shape index (κ2) is 10.0. The van der Waals surface area contributed by atoms with Crippen LogP contribution in [0.25, 0.3) is 0 Å². The number of Topliss-reactive ketones (excluding diaryl/α,β-unsaturated/α-hetero) is 1. The summed E-state index contributed by atoms with van der Waals surface area (Å²) in [6, 6.07) is 13.3. The van der Waals surface area contributed by atoms with E-state index in [1.54, 1.807) is 37.3 Å². The molecule has 8 nitrogen and oxygen atoms in total. The second-order valence-corrected chi connectivity index (χ2v) is 8.20. The molecule has 1 fully saturated rings. The van der Waals surface area contributed by atoms with E-state index in [9.17, 15) is 14.4 Å². The van der Waals surface area contributed by atoms with Gasteiger partial charge < -0.3 is 19.3 Å². The molecule has 2 aliphatic rings. The number of ether oxygens (including phenoxy) is 2. The van der Waals surface area contributed by atoms with E-state index >= 15 is 0 Å². The van der Waals surface area contributed by atoms with Crippen LogP contribution in [-0.4, -0.2) is 79.4 Å². The lowest BCUT2D eigenvalue weighted by molar-refractivity contribution is -0.136. The molecule has 0 saturated carbocycles. The van der Waals surface area contributed by atoms with Crippen molar-refractivity contribution in [3.63, 3.8) is 0 Å². The van der Waals surface area contributed by atoms with Crippen LogP contribution in [0.3, 0.4) is 0 Å². The van der Waals surface area contributed by atoms with Gasteiger partial charge in [0.2, 0.25) is 5.91 Å². The Morgan fingerprint density at radius 3 is 2.48 bits per heavy atom. The van der Waals surface area contributed by atoms with E-state index in [2.05, 4.69) is 11.8 Å². The maximum Gasteiger partial charge on any atom is 0.265 e. The van der Waals surface area contributed by atoms with Gasteiger partial charge in [0.1, 0.15) is 17.5 Å². The molecule has 2 heterocycles. The average Bonchev–Trinajstić information content (AvgIpc) is 2.86. The number of carbonyl (C=O) groups is 3. The Morgan fingerprint density at radius 2 is 1.79 bits per heavy atom. The number of rotatable bonds is 7. The smallest absolute Gasteiger partial charge is 0.265 e. The second-order valence-electron chi connectivity index (χ2n) is 8.20. The highest BCUT2D eigenvalue weighted by molar-refractivity contribution is 6.05. The van der Waals surface area contributed by atoms with Gasteiger partial charge >= 0.3 is 0 Å². The quantitative estimate of drug-likeness (QED) is 0.601. The van der Waals surface area contributed by atoms with Gasteiger partial charge in [0.15, 0.2) is 19.0 Å². The third-order valence-corrected chi connectivity index (χ3v) is 6.15. The number of benzene rings is 2. The summed E-state index contributed by atoms with van der Waals surface area (Å²) in [6.07, 6.45) is 0. The van der Waals surface area contributed by atoms with Crippen molar-refractivity contribution in [3.05, 3.63) is 54.1 Å². The molecule has 174 valence electrons. The van der Waals surface area contributed by atoms with Crippen molar-refractivity contribution in [1.29, 1.82) is 0 Å². The van der Waals surface area contributed by atoms with Crippen LogP contribution < -0.4 is 14.4 Å². The van der Waals surface area contributed by atoms with Gasteiger partial charge in [-0.2, -0.15) is 0 Å². The summed E-state index contributed by atoms with van der Waals surface area (Å²) in [5.74, 6) is 0.447.